The summed E-state index contributed by atoms with van der Waals surface area (Å²) >= 11 is 12.0. The van der Waals surface area contributed by atoms with Crippen LogP contribution in [0.4, 0.5) is 5.69 Å². The average molecular weight is 421 g/mol. The fourth-order valence-corrected chi connectivity index (χ4v) is 4.01. The summed E-state index contributed by atoms with van der Waals surface area (Å²) < 4.78 is 11.4. The Bertz CT molecular complexity index is 901. The molecule has 1 N–H and O–H groups in total. The van der Waals surface area contributed by atoms with E-state index in [0.717, 1.165) is 6.42 Å². The number of likely N-dealkylation sites (tertiary alicyclic amines) is 1. The number of benzene rings is 2. The second-order valence-electron chi connectivity index (χ2n) is 6.70. The Balaban J connectivity index is 1.45. The summed E-state index contributed by atoms with van der Waals surface area (Å²) in [4.78, 5) is 27.3. The lowest BCUT2D eigenvalue weighted by molar-refractivity contribution is -0.145. The molecule has 2 aliphatic heterocycles. The fraction of sp³-hybridized carbons (Fsp3) is 0.300. The molecule has 0 bridgehead atoms. The minimum Gasteiger partial charge on any atom is -0.485 e. The number of rotatable bonds is 3. The Morgan fingerprint density at radius 2 is 1.79 bits per heavy atom. The van der Waals surface area contributed by atoms with Crippen LogP contribution in [0.2, 0.25) is 10.0 Å². The first kappa shape index (κ1) is 18.9. The highest BCUT2D eigenvalue weighted by atomic mass is 35.5. The molecule has 2 amide bonds. The van der Waals surface area contributed by atoms with Gasteiger partial charge in [0.05, 0.1) is 0 Å². The van der Waals surface area contributed by atoms with Crippen molar-refractivity contribution in [2.75, 3.05) is 18.5 Å². The summed E-state index contributed by atoms with van der Waals surface area (Å²) in [5.74, 6) is 0.610. The number of amides is 2. The van der Waals surface area contributed by atoms with E-state index < -0.39 is 12.1 Å². The van der Waals surface area contributed by atoms with E-state index >= 15 is 0 Å². The van der Waals surface area contributed by atoms with Crippen LogP contribution in [0.3, 0.4) is 0 Å². The van der Waals surface area contributed by atoms with E-state index in [-0.39, 0.29) is 18.4 Å². The molecular weight excluding hydrogens is 403 g/mol. The molecule has 0 spiro atoms. The first-order valence-electron chi connectivity index (χ1n) is 8.97. The maximum Gasteiger partial charge on any atom is 0.267 e. The lowest BCUT2D eigenvalue weighted by atomic mass is 10.1. The standard InChI is InChI=1S/C20H18Cl2N2O4/c21-12-8-13(22)10-14(9-12)23-19(25)15-4-3-7-24(15)20(26)18-11-27-16-5-1-2-6-17(16)28-18/h1-2,5-6,8-10,15,18H,3-4,7,11H2,(H,23,25). The molecular formula is C20H18Cl2N2O4. The lowest BCUT2D eigenvalue weighted by Crippen LogP contribution is -2.51. The third kappa shape index (κ3) is 3.88. The van der Waals surface area contributed by atoms with Gasteiger partial charge in [0.15, 0.2) is 11.5 Å². The van der Waals surface area contributed by atoms with Gasteiger partial charge >= 0.3 is 0 Å². The quantitative estimate of drug-likeness (QED) is 0.820. The summed E-state index contributed by atoms with van der Waals surface area (Å²) in [6, 6.07) is 11.4. The molecule has 6 nitrogen and oxygen atoms in total. The van der Waals surface area contributed by atoms with Crippen molar-refractivity contribution in [1.29, 1.82) is 0 Å². The van der Waals surface area contributed by atoms with Crippen LogP contribution < -0.4 is 14.8 Å². The SMILES string of the molecule is O=C(Nc1cc(Cl)cc(Cl)c1)C1CCCN1C(=O)C1COc2ccccc2O1. The molecule has 2 aromatic rings. The number of nitrogens with zero attached hydrogens (tertiary/aromatic N) is 1. The molecule has 1 saturated heterocycles. The molecule has 1 fully saturated rings. The molecule has 2 aliphatic rings. The van der Waals surface area contributed by atoms with Gasteiger partial charge in [-0.25, -0.2) is 0 Å². The number of anilines is 1. The van der Waals surface area contributed by atoms with Gasteiger partial charge in [-0.3, -0.25) is 9.59 Å². The molecule has 0 saturated carbocycles. The van der Waals surface area contributed by atoms with Gasteiger partial charge in [0, 0.05) is 22.3 Å². The van der Waals surface area contributed by atoms with Crippen molar-refractivity contribution in [1.82, 2.24) is 4.90 Å². The highest BCUT2D eigenvalue weighted by Crippen LogP contribution is 2.32. The Morgan fingerprint density at radius 3 is 2.54 bits per heavy atom. The van der Waals surface area contributed by atoms with Crippen molar-refractivity contribution < 1.29 is 19.1 Å². The van der Waals surface area contributed by atoms with Crippen LogP contribution >= 0.6 is 23.2 Å². The average Bonchev–Trinajstić information content (AvgIpc) is 3.16. The summed E-state index contributed by atoms with van der Waals surface area (Å²) in [6.45, 7) is 0.610. The molecule has 2 aromatic carbocycles. The van der Waals surface area contributed by atoms with Crippen LogP contribution in [0, 0.1) is 0 Å². The summed E-state index contributed by atoms with van der Waals surface area (Å²) in [5, 5.41) is 3.64. The number of nitrogens with one attached hydrogen (secondary N) is 1. The van der Waals surface area contributed by atoms with Gasteiger partial charge in [-0.1, -0.05) is 35.3 Å². The van der Waals surface area contributed by atoms with Crippen molar-refractivity contribution in [3.05, 3.63) is 52.5 Å². The maximum atomic E-state index is 13.0. The van der Waals surface area contributed by atoms with Crippen LogP contribution in [0.1, 0.15) is 12.8 Å². The topological polar surface area (TPSA) is 67.9 Å². The molecule has 2 unspecified atom stereocenters. The van der Waals surface area contributed by atoms with E-state index in [2.05, 4.69) is 5.32 Å². The zero-order valence-corrected chi connectivity index (χ0v) is 16.4. The normalized spacial score (nSPS) is 20.7. The molecule has 0 aromatic heterocycles. The zero-order valence-electron chi connectivity index (χ0n) is 14.9. The van der Waals surface area contributed by atoms with Gasteiger partial charge in [0.2, 0.25) is 12.0 Å². The number of halogens is 2. The van der Waals surface area contributed by atoms with E-state index in [1.165, 1.54) is 0 Å². The predicted octanol–water partition coefficient (Wildman–Crippen LogP) is 3.76. The number of ether oxygens (including phenoxy) is 2. The third-order valence-electron chi connectivity index (χ3n) is 4.75. The van der Waals surface area contributed by atoms with Crippen molar-refractivity contribution in [3.8, 4) is 11.5 Å². The largest absolute Gasteiger partial charge is 0.485 e. The van der Waals surface area contributed by atoms with Crippen molar-refractivity contribution in [2.45, 2.75) is 25.0 Å². The summed E-state index contributed by atoms with van der Waals surface area (Å²) in [7, 11) is 0. The van der Waals surface area contributed by atoms with Gasteiger partial charge in [-0.05, 0) is 43.2 Å². The highest BCUT2D eigenvalue weighted by Gasteiger charge is 2.39. The molecule has 0 aliphatic carbocycles. The zero-order chi connectivity index (χ0) is 19.7. The fourth-order valence-electron chi connectivity index (χ4n) is 3.48. The lowest BCUT2D eigenvalue weighted by Gasteiger charge is -2.31. The molecule has 8 heteroatoms. The van der Waals surface area contributed by atoms with E-state index in [1.54, 1.807) is 35.2 Å². The Kier molecular flexibility index (Phi) is 5.33. The number of hydrogen-bond acceptors (Lipinski definition) is 4. The molecule has 2 atom stereocenters. The van der Waals surface area contributed by atoms with Crippen molar-refractivity contribution in [3.63, 3.8) is 0 Å². The molecule has 146 valence electrons. The number of hydrogen-bond donors (Lipinski definition) is 1. The number of carbonyl (C=O) groups is 2. The van der Waals surface area contributed by atoms with Gasteiger partial charge in [0.25, 0.3) is 5.91 Å². The number of fused-ring (bicyclic) bond motifs is 1. The Labute approximate surface area is 172 Å². The highest BCUT2D eigenvalue weighted by molar-refractivity contribution is 6.35. The second-order valence-corrected chi connectivity index (χ2v) is 7.57. The van der Waals surface area contributed by atoms with Crippen LogP contribution in [-0.4, -0.2) is 42.0 Å². The molecule has 2 heterocycles. The van der Waals surface area contributed by atoms with Gasteiger partial charge in [-0.2, -0.15) is 0 Å². The Morgan fingerprint density at radius 1 is 1.07 bits per heavy atom. The summed E-state index contributed by atoms with van der Waals surface area (Å²) in [6.07, 6.45) is 0.546. The molecule has 28 heavy (non-hydrogen) atoms. The predicted molar refractivity (Wildman–Crippen MR) is 106 cm³/mol. The minimum absolute atomic E-state index is 0.116. The minimum atomic E-state index is -0.774. The number of para-hydroxylation sites is 2. The molecule has 0 radical (unpaired) electrons. The van der Waals surface area contributed by atoms with Crippen LogP contribution in [-0.2, 0) is 9.59 Å². The first-order chi connectivity index (χ1) is 13.5. The van der Waals surface area contributed by atoms with E-state index in [0.29, 0.717) is 40.2 Å². The third-order valence-corrected chi connectivity index (χ3v) is 5.19. The van der Waals surface area contributed by atoms with Crippen molar-refractivity contribution in [2.24, 2.45) is 0 Å². The van der Waals surface area contributed by atoms with E-state index in [9.17, 15) is 9.59 Å². The van der Waals surface area contributed by atoms with Gasteiger partial charge in [0.1, 0.15) is 12.6 Å². The van der Waals surface area contributed by atoms with Crippen LogP contribution in [0.15, 0.2) is 42.5 Å². The number of carbonyl (C=O) groups excluding carboxylic acids is 2. The van der Waals surface area contributed by atoms with Crippen LogP contribution in [0.5, 0.6) is 11.5 Å². The Hall–Kier alpha value is -2.44. The van der Waals surface area contributed by atoms with Crippen molar-refractivity contribution >= 4 is 40.7 Å². The summed E-state index contributed by atoms with van der Waals surface area (Å²) in [5.41, 5.74) is 0.493. The van der Waals surface area contributed by atoms with Gasteiger partial charge in [-0.15, -0.1) is 0 Å². The smallest absolute Gasteiger partial charge is 0.267 e. The molecule has 4 rings (SSSR count). The van der Waals surface area contributed by atoms with E-state index in [4.69, 9.17) is 32.7 Å². The first-order valence-corrected chi connectivity index (χ1v) is 9.73. The maximum absolute atomic E-state index is 13.0. The monoisotopic (exact) mass is 420 g/mol. The second kappa shape index (κ2) is 7.89. The van der Waals surface area contributed by atoms with Gasteiger partial charge < -0.3 is 19.7 Å². The van der Waals surface area contributed by atoms with E-state index in [1.807, 2.05) is 12.1 Å². The van der Waals surface area contributed by atoms with Crippen LogP contribution in [0.25, 0.3) is 0 Å².